The van der Waals surface area contributed by atoms with Crippen molar-refractivity contribution in [1.29, 1.82) is 0 Å². The Hall–Kier alpha value is -1.82. The van der Waals surface area contributed by atoms with E-state index in [1.165, 1.54) is 12.3 Å². The van der Waals surface area contributed by atoms with Crippen LogP contribution in [0.4, 0.5) is 11.5 Å². The van der Waals surface area contributed by atoms with Gasteiger partial charge in [0.25, 0.3) is 0 Å². The van der Waals surface area contributed by atoms with Gasteiger partial charge in [-0.2, -0.15) is 0 Å². The minimum Gasteiger partial charge on any atom is -0.478 e. The van der Waals surface area contributed by atoms with Crippen molar-refractivity contribution in [3.05, 3.63) is 17.8 Å². The number of carbonyl (C=O) groups is 1. The first kappa shape index (κ1) is 14.6. The van der Waals surface area contributed by atoms with E-state index in [0.717, 1.165) is 32.5 Å². The number of nitrogen functional groups attached to an aromatic ring is 1. The van der Waals surface area contributed by atoms with Gasteiger partial charge in [0.05, 0.1) is 11.9 Å². The Morgan fingerprint density at radius 1 is 1.55 bits per heavy atom. The molecule has 0 radical (unpaired) electrons. The molecule has 1 aromatic heterocycles. The maximum Gasteiger partial charge on any atom is 0.339 e. The van der Waals surface area contributed by atoms with Gasteiger partial charge < -0.3 is 20.6 Å². The first-order chi connectivity index (χ1) is 9.47. The number of aromatic nitrogens is 1. The van der Waals surface area contributed by atoms with Crippen LogP contribution in [-0.4, -0.2) is 54.7 Å². The highest BCUT2D eigenvalue weighted by molar-refractivity contribution is 5.94. The molecule has 0 bridgehead atoms. The number of nitrogens with zero attached hydrogens (tertiary/aromatic N) is 3. The summed E-state index contributed by atoms with van der Waals surface area (Å²) < 4.78 is 0. The highest BCUT2D eigenvalue weighted by Gasteiger charge is 2.21. The lowest BCUT2D eigenvalue weighted by atomic mass is 9.96. The van der Waals surface area contributed by atoms with Crippen LogP contribution in [0, 0.1) is 5.92 Å². The largest absolute Gasteiger partial charge is 0.478 e. The summed E-state index contributed by atoms with van der Waals surface area (Å²) >= 11 is 0. The van der Waals surface area contributed by atoms with E-state index in [0.29, 0.717) is 17.4 Å². The van der Waals surface area contributed by atoms with Gasteiger partial charge in [-0.1, -0.05) is 0 Å². The molecule has 20 heavy (non-hydrogen) atoms. The third-order valence-electron chi connectivity index (χ3n) is 3.85. The van der Waals surface area contributed by atoms with Gasteiger partial charge in [-0.15, -0.1) is 0 Å². The molecule has 6 heteroatoms. The van der Waals surface area contributed by atoms with Crippen LogP contribution in [0.25, 0.3) is 0 Å². The van der Waals surface area contributed by atoms with E-state index in [2.05, 4.69) is 16.9 Å². The van der Waals surface area contributed by atoms with E-state index >= 15 is 0 Å². The van der Waals surface area contributed by atoms with Crippen molar-refractivity contribution < 1.29 is 9.90 Å². The van der Waals surface area contributed by atoms with E-state index in [9.17, 15) is 9.90 Å². The summed E-state index contributed by atoms with van der Waals surface area (Å²) in [5.74, 6) is 0.0813. The smallest absolute Gasteiger partial charge is 0.339 e. The molecule has 3 N–H and O–H groups in total. The van der Waals surface area contributed by atoms with Gasteiger partial charge in [0.1, 0.15) is 11.4 Å². The third kappa shape index (κ3) is 3.39. The number of carboxylic acid groups (broad SMARTS) is 1. The lowest BCUT2D eigenvalue weighted by molar-refractivity contribution is 0.0697. The Morgan fingerprint density at radius 3 is 2.80 bits per heavy atom. The van der Waals surface area contributed by atoms with Crippen LogP contribution in [0.15, 0.2) is 12.3 Å². The van der Waals surface area contributed by atoms with Crippen LogP contribution in [0.1, 0.15) is 23.2 Å². The van der Waals surface area contributed by atoms with E-state index in [4.69, 9.17) is 5.73 Å². The van der Waals surface area contributed by atoms with E-state index in [1.807, 2.05) is 11.9 Å². The topological polar surface area (TPSA) is 82.7 Å². The highest BCUT2D eigenvalue weighted by Crippen LogP contribution is 2.23. The lowest BCUT2D eigenvalue weighted by Crippen LogP contribution is -2.36. The predicted octanol–water partition coefficient (Wildman–Crippen LogP) is 1.14. The van der Waals surface area contributed by atoms with Crippen molar-refractivity contribution in [2.75, 3.05) is 44.4 Å². The van der Waals surface area contributed by atoms with Gasteiger partial charge in [0.15, 0.2) is 0 Å². The van der Waals surface area contributed by atoms with E-state index < -0.39 is 5.97 Å². The molecule has 1 aliphatic heterocycles. The van der Waals surface area contributed by atoms with Crippen molar-refractivity contribution in [3.8, 4) is 0 Å². The van der Waals surface area contributed by atoms with Crippen molar-refractivity contribution in [1.82, 2.24) is 9.88 Å². The third-order valence-corrected chi connectivity index (χ3v) is 3.85. The molecule has 0 spiro atoms. The molecule has 0 aromatic carbocycles. The maximum absolute atomic E-state index is 11.3. The molecule has 0 atom stereocenters. The molecular weight excluding hydrogens is 256 g/mol. The molecule has 1 aromatic rings. The Balaban J connectivity index is 2.09. The Morgan fingerprint density at radius 2 is 2.20 bits per heavy atom. The molecule has 1 saturated heterocycles. The predicted molar refractivity (Wildman–Crippen MR) is 79.1 cm³/mol. The number of piperidine rings is 1. The number of rotatable bonds is 4. The first-order valence-corrected chi connectivity index (χ1v) is 6.86. The number of hydrogen-bond acceptors (Lipinski definition) is 5. The average Bonchev–Trinajstić information content (AvgIpc) is 2.41. The van der Waals surface area contributed by atoms with Crippen LogP contribution >= 0.6 is 0 Å². The Bertz CT molecular complexity index is 484. The molecule has 1 aliphatic rings. The maximum atomic E-state index is 11.3. The number of hydrogen-bond donors (Lipinski definition) is 2. The SMILES string of the molecule is CN1CCC(CN(C)c2ncc(N)cc2C(=O)O)CC1. The molecule has 6 nitrogen and oxygen atoms in total. The number of carboxylic acids is 1. The van der Waals surface area contributed by atoms with Gasteiger partial charge in [0, 0.05) is 13.6 Å². The normalized spacial score (nSPS) is 17.1. The van der Waals surface area contributed by atoms with Gasteiger partial charge in [-0.05, 0) is 45.0 Å². The number of nitrogens with two attached hydrogens (primary N) is 1. The summed E-state index contributed by atoms with van der Waals surface area (Å²) in [5.41, 5.74) is 6.16. The first-order valence-electron chi connectivity index (χ1n) is 6.86. The molecule has 110 valence electrons. The van der Waals surface area contributed by atoms with Crippen LogP contribution in [0.2, 0.25) is 0 Å². The van der Waals surface area contributed by atoms with Crippen molar-refractivity contribution >= 4 is 17.5 Å². The zero-order chi connectivity index (χ0) is 14.7. The summed E-state index contributed by atoms with van der Waals surface area (Å²) in [6.07, 6.45) is 3.78. The number of anilines is 2. The van der Waals surface area contributed by atoms with Crippen LogP contribution < -0.4 is 10.6 Å². The van der Waals surface area contributed by atoms with Gasteiger partial charge in [-0.3, -0.25) is 0 Å². The zero-order valence-electron chi connectivity index (χ0n) is 12.0. The Labute approximate surface area is 119 Å². The second-order valence-electron chi connectivity index (χ2n) is 5.57. The summed E-state index contributed by atoms with van der Waals surface area (Å²) in [6, 6.07) is 1.47. The molecule has 0 aliphatic carbocycles. The fraction of sp³-hybridized carbons (Fsp3) is 0.571. The van der Waals surface area contributed by atoms with Gasteiger partial charge in [-0.25, -0.2) is 9.78 Å². The van der Waals surface area contributed by atoms with Crippen LogP contribution in [-0.2, 0) is 0 Å². The average molecular weight is 278 g/mol. The molecule has 1 fully saturated rings. The summed E-state index contributed by atoms with van der Waals surface area (Å²) in [7, 11) is 4.02. The quantitative estimate of drug-likeness (QED) is 0.859. The van der Waals surface area contributed by atoms with Crippen molar-refractivity contribution in [2.24, 2.45) is 5.92 Å². The minimum absolute atomic E-state index is 0.167. The second-order valence-corrected chi connectivity index (χ2v) is 5.57. The van der Waals surface area contributed by atoms with Crippen LogP contribution in [0.5, 0.6) is 0 Å². The number of likely N-dealkylation sites (tertiary alicyclic amines) is 1. The monoisotopic (exact) mass is 278 g/mol. The van der Waals surface area contributed by atoms with Crippen molar-refractivity contribution in [3.63, 3.8) is 0 Å². The highest BCUT2D eigenvalue weighted by atomic mass is 16.4. The van der Waals surface area contributed by atoms with Gasteiger partial charge >= 0.3 is 5.97 Å². The molecule has 2 heterocycles. The molecular formula is C14H22N4O2. The molecule has 2 rings (SSSR count). The van der Waals surface area contributed by atoms with Crippen LogP contribution in [0.3, 0.4) is 0 Å². The fourth-order valence-electron chi connectivity index (χ4n) is 2.65. The number of pyridine rings is 1. The molecule has 0 saturated carbocycles. The summed E-state index contributed by atoms with van der Waals surface area (Å²) in [4.78, 5) is 19.7. The van der Waals surface area contributed by atoms with E-state index in [-0.39, 0.29) is 5.56 Å². The molecule has 0 unspecified atom stereocenters. The summed E-state index contributed by atoms with van der Waals surface area (Å²) in [5, 5.41) is 9.25. The summed E-state index contributed by atoms with van der Waals surface area (Å²) in [6.45, 7) is 3.02. The van der Waals surface area contributed by atoms with E-state index in [1.54, 1.807) is 0 Å². The molecule has 0 amide bonds. The number of aromatic carboxylic acids is 1. The second kappa shape index (κ2) is 6.09. The fourth-order valence-corrected chi connectivity index (χ4v) is 2.65. The zero-order valence-corrected chi connectivity index (χ0v) is 12.0. The minimum atomic E-state index is -0.991. The standard InChI is InChI=1S/C14H22N4O2/c1-17-5-3-10(4-6-17)9-18(2)13-12(14(19)20)7-11(15)8-16-13/h7-8,10H,3-6,9,15H2,1-2H3,(H,19,20). The van der Waals surface area contributed by atoms with Crippen molar-refractivity contribution in [2.45, 2.75) is 12.8 Å². The Kier molecular flexibility index (Phi) is 4.44. The van der Waals surface area contributed by atoms with Gasteiger partial charge in [0.2, 0.25) is 0 Å². The lowest BCUT2D eigenvalue weighted by Gasteiger charge is -2.32.